The van der Waals surface area contributed by atoms with E-state index >= 15 is 0 Å². The summed E-state index contributed by atoms with van der Waals surface area (Å²) in [5.41, 5.74) is 2.02. The predicted octanol–water partition coefficient (Wildman–Crippen LogP) is 2.17. The summed E-state index contributed by atoms with van der Waals surface area (Å²) in [6.45, 7) is 9.08. The summed E-state index contributed by atoms with van der Waals surface area (Å²) in [6, 6.07) is 7.71. The van der Waals surface area contributed by atoms with Crippen LogP contribution in [0.25, 0.3) is 0 Å². The predicted molar refractivity (Wildman–Crippen MR) is 66.3 cm³/mol. The summed E-state index contributed by atoms with van der Waals surface area (Å²) >= 11 is 0. The summed E-state index contributed by atoms with van der Waals surface area (Å²) in [6.07, 6.45) is 1.29. The molecule has 0 heterocycles. The molecule has 0 fully saturated rings. The van der Waals surface area contributed by atoms with Crippen LogP contribution in [0.4, 0.5) is 0 Å². The topological polar surface area (TPSA) is 40.5 Å². The Kier molecular flexibility index (Phi) is 4.47. The molecule has 1 rings (SSSR count). The molecule has 3 atom stereocenters. The Morgan fingerprint density at radius 2 is 1.44 bits per heavy atom. The first-order chi connectivity index (χ1) is 7.60. The monoisotopic (exact) mass is 218 g/mol. The van der Waals surface area contributed by atoms with E-state index in [4.69, 9.17) is 0 Å². The molecule has 0 aliphatic carbocycles. The van der Waals surface area contributed by atoms with E-state index in [1.165, 1.54) is 12.2 Å². The Hall–Kier alpha value is -1.38. The van der Waals surface area contributed by atoms with Gasteiger partial charge < -0.3 is 10.2 Å². The average Bonchev–Trinajstić information content (AvgIpc) is 2.31. The molecule has 0 bridgehead atoms. The van der Waals surface area contributed by atoms with E-state index in [-0.39, 0.29) is 0 Å². The van der Waals surface area contributed by atoms with Crippen LogP contribution in [0.3, 0.4) is 0 Å². The Bertz CT molecular complexity index is 340. The van der Waals surface area contributed by atoms with Gasteiger partial charge in [-0.05, 0) is 12.5 Å². The fourth-order valence-corrected chi connectivity index (χ4v) is 1.68. The van der Waals surface area contributed by atoms with Crippen molar-refractivity contribution in [1.82, 2.24) is 0 Å². The molecule has 0 aromatic heterocycles. The number of aryl methyl sites for hydroxylation is 1. The maximum absolute atomic E-state index is 9.82. The van der Waals surface area contributed by atoms with Gasteiger partial charge in [0.25, 0.3) is 0 Å². The van der Waals surface area contributed by atoms with E-state index in [1.807, 2.05) is 31.2 Å². The van der Waals surface area contributed by atoms with Gasteiger partial charge >= 0.3 is 0 Å². The molecule has 0 aliphatic rings. The third-order valence-corrected chi connectivity index (χ3v) is 2.68. The van der Waals surface area contributed by atoms with Crippen LogP contribution in [-0.2, 0) is 0 Å². The van der Waals surface area contributed by atoms with E-state index in [0.717, 1.165) is 11.1 Å². The highest BCUT2D eigenvalue weighted by Crippen LogP contribution is 2.25. The number of benzene rings is 1. The van der Waals surface area contributed by atoms with Gasteiger partial charge in [0.1, 0.15) is 0 Å². The zero-order valence-corrected chi connectivity index (χ0v) is 9.50. The molecular formula is C14H18O2. The highest BCUT2D eigenvalue weighted by molar-refractivity contribution is 5.28. The number of rotatable bonds is 5. The van der Waals surface area contributed by atoms with Crippen LogP contribution in [0.2, 0.25) is 0 Å². The molecule has 0 amide bonds. The Balaban J connectivity index is 3.05. The molecule has 2 heteroatoms. The number of aliphatic hydroxyl groups is 2. The van der Waals surface area contributed by atoms with Crippen molar-refractivity contribution in [3.63, 3.8) is 0 Å². The van der Waals surface area contributed by atoms with Crippen molar-refractivity contribution < 1.29 is 10.2 Å². The van der Waals surface area contributed by atoms with Crippen LogP contribution in [0.15, 0.2) is 49.6 Å². The molecule has 2 nitrogen and oxygen atoms in total. The van der Waals surface area contributed by atoms with Gasteiger partial charge in [-0.2, -0.15) is 0 Å². The van der Waals surface area contributed by atoms with Crippen molar-refractivity contribution in [3.05, 3.63) is 60.7 Å². The van der Waals surface area contributed by atoms with Gasteiger partial charge in [-0.1, -0.05) is 42.0 Å². The smallest absolute Gasteiger partial charge is 0.0814 e. The van der Waals surface area contributed by atoms with E-state index in [9.17, 15) is 10.2 Å². The minimum absolute atomic E-state index is 0.407. The standard InChI is InChI=1S/C14H18O2/c1-4-12(15)14(13(16)5-2)11-8-6-10(3)7-9-11/h4-9,12-16H,1-2H2,3H3/t12-,13+,14?. The maximum atomic E-state index is 9.82. The molecule has 86 valence electrons. The van der Waals surface area contributed by atoms with Crippen LogP contribution in [0.5, 0.6) is 0 Å². The van der Waals surface area contributed by atoms with Crippen LogP contribution >= 0.6 is 0 Å². The lowest BCUT2D eigenvalue weighted by Gasteiger charge is -2.24. The van der Waals surface area contributed by atoms with Crippen LogP contribution < -0.4 is 0 Å². The van der Waals surface area contributed by atoms with Crippen molar-refractivity contribution in [2.45, 2.75) is 25.0 Å². The zero-order valence-electron chi connectivity index (χ0n) is 9.50. The molecule has 1 aromatic carbocycles. The highest BCUT2D eigenvalue weighted by Gasteiger charge is 2.24. The van der Waals surface area contributed by atoms with Crippen molar-refractivity contribution in [2.75, 3.05) is 0 Å². The number of hydrogen-bond acceptors (Lipinski definition) is 2. The van der Waals surface area contributed by atoms with Gasteiger partial charge in [0, 0.05) is 5.92 Å². The quantitative estimate of drug-likeness (QED) is 0.744. The van der Waals surface area contributed by atoms with Crippen molar-refractivity contribution in [1.29, 1.82) is 0 Å². The first-order valence-electron chi connectivity index (χ1n) is 5.28. The normalized spacial score (nSPS) is 16.2. The van der Waals surface area contributed by atoms with Gasteiger partial charge in [0.05, 0.1) is 12.2 Å². The average molecular weight is 218 g/mol. The van der Waals surface area contributed by atoms with Crippen LogP contribution in [-0.4, -0.2) is 22.4 Å². The van der Waals surface area contributed by atoms with Gasteiger partial charge in [-0.3, -0.25) is 0 Å². The largest absolute Gasteiger partial charge is 0.388 e. The second-order valence-electron chi connectivity index (χ2n) is 3.89. The van der Waals surface area contributed by atoms with E-state index < -0.39 is 18.1 Å². The molecule has 16 heavy (non-hydrogen) atoms. The van der Waals surface area contributed by atoms with Crippen molar-refractivity contribution in [2.24, 2.45) is 0 Å². The first kappa shape index (κ1) is 12.7. The Morgan fingerprint density at radius 1 is 1.00 bits per heavy atom. The summed E-state index contributed by atoms with van der Waals surface area (Å²) in [5, 5.41) is 19.6. The zero-order chi connectivity index (χ0) is 12.1. The summed E-state index contributed by atoms with van der Waals surface area (Å²) in [7, 11) is 0. The molecule has 2 N–H and O–H groups in total. The number of aliphatic hydroxyl groups excluding tert-OH is 2. The Morgan fingerprint density at radius 3 is 1.81 bits per heavy atom. The van der Waals surface area contributed by atoms with Gasteiger partial charge in [0.2, 0.25) is 0 Å². The van der Waals surface area contributed by atoms with Gasteiger partial charge in [-0.15, -0.1) is 13.2 Å². The third-order valence-electron chi connectivity index (χ3n) is 2.68. The maximum Gasteiger partial charge on any atom is 0.0814 e. The molecule has 0 saturated carbocycles. The lowest BCUT2D eigenvalue weighted by molar-refractivity contribution is 0.104. The van der Waals surface area contributed by atoms with Gasteiger partial charge in [0.15, 0.2) is 0 Å². The van der Waals surface area contributed by atoms with Crippen molar-refractivity contribution in [3.8, 4) is 0 Å². The fourth-order valence-electron chi connectivity index (χ4n) is 1.68. The molecule has 0 saturated heterocycles. The SMILES string of the molecule is C=C[C@@H](O)C(c1ccc(C)cc1)[C@@H](O)C=C. The second kappa shape index (κ2) is 5.64. The highest BCUT2D eigenvalue weighted by atomic mass is 16.3. The van der Waals surface area contributed by atoms with Crippen LogP contribution in [0.1, 0.15) is 17.0 Å². The first-order valence-corrected chi connectivity index (χ1v) is 5.28. The lowest BCUT2D eigenvalue weighted by atomic mass is 9.88. The van der Waals surface area contributed by atoms with Crippen LogP contribution in [0, 0.1) is 6.92 Å². The summed E-state index contributed by atoms with van der Waals surface area (Å²) in [5.74, 6) is -0.407. The molecule has 0 spiro atoms. The van der Waals surface area contributed by atoms with E-state index in [2.05, 4.69) is 13.2 Å². The third kappa shape index (κ3) is 2.81. The molecule has 1 aromatic rings. The minimum atomic E-state index is -0.782. The molecular weight excluding hydrogens is 200 g/mol. The van der Waals surface area contributed by atoms with E-state index in [1.54, 1.807) is 0 Å². The minimum Gasteiger partial charge on any atom is -0.388 e. The fraction of sp³-hybridized carbons (Fsp3) is 0.286. The Labute approximate surface area is 96.6 Å². The number of hydrogen-bond donors (Lipinski definition) is 2. The lowest BCUT2D eigenvalue weighted by Crippen LogP contribution is -2.26. The summed E-state index contributed by atoms with van der Waals surface area (Å²) < 4.78 is 0. The molecule has 0 aliphatic heterocycles. The van der Waals surface area contributed by atoms with Gasteiger partial charge in [-0.25, -0.2) is 0 Å². The van der Waals surface area contributed by atoms with Crippen molar-refractivity contribution >= 4 is 0 Å². The molecule has 1 unspecified atom stereocenters. The second-order valence-corrected chi connectivity index (χ2v) is 3.89. The van der Waals surface area contributed by atoms with E-state index in [0.29, 0.717) is 0 Å². The molecule has 0 radical (unpaired) electrons. The summed E-state index contributed by atoms with van der Waals surface area (Å²) in [4.78, 5) is 0.